The van der Waals surface area contributed by atoms with E-state index in [1.165, 1.54) is 0 Å². The molecule has 19 heavy (non-hydrogen) atoms. The molecule has 2 aromatic rings. The van der Waals surface area contributed by atoms with E-state index in [9.17, 15) is 0 Å². The smallest absolute Gasteiger partial charge is 0.224 e. The van der Waals surface area contributed by atoms with Crippen molar-refractivity contribution in [1.82, 2.24) is 20.2 Å². The maximum atomic E-state index is 4.40. The molecule has 0 aromatic carbocycles. The van der Waals surface area contributed by atoms with Crippen molar-refractivity contribution in [3.63, 3.8) is 0 Å². The highest BCUT2D eigenvalue weighted by atomic mass is 15.2. The van der Waals surface area contributed by atoms with Gasteiger partial charge in [0.2, 0.25) is 5.95 Å². The number of aryl methyl sites for hydroxylation is 1. The lowest BCUT2D eigenvalue weighted by Gasteiger charge is -2.08. The van der Waals surface area contributed by atoms with E-state index in [2.05, 4.69) is 37.7 Å². The molecular weight excluding hydrogens is 240 g/mol. The molecule has 2 aromatic heterocycles. The first-order valence-electron chi connectivity index (χ1n) is 6.38. The Labute approximate surface area is 112 Å². The molecule has 0 radical (unpaired) electrons. The lowest BCUT2D eigenvalue weighted by Crippen LogP contribution is -2.09. The maximum absolute atomic E-state index is 4.40. The summed E-state index contributed by atoms with van der Waals surface area (Å²) in [6.07, 6.45) is 2.70. The number of hydrogen-bond donors (Lipinski definition) is 2. The Kier molecular flexibility index (Phi) is 4.60. The van der Waals surface area contributed by atoms with Crippen molar-refractivity contribution in [2.75, 3.05) is 17.2 Å². The first kappa shape index (κ1) is 13.2. The largest absolute Gasteiger partial charge is 0.364 e. The van der Waals surface area contributed by atoms with Gasteiger partial charge in [0.15, 0.2) is 0 Å². The summed E-state index contributed by atoms with van der Waals surface area (Å²) in [4.78, 5) is 8.74. The minimum absolute atomic E-state index is 0.595. The van der Waals surface area contributed by atoms with Gasteiger partial charge in [-0.3, -0.25) is 0 Å². The van der Waals surface area contributed by atoms with Crippen molar-refractivity contribution >= 4 is 11.8 Å². The average Bonchev–Trinajstić information content (AvgIpc) is 2.43. The standard InChI is InChI=1S/C13H18N6/c1-3-6-14-13-17-10(2)8-12(18-13)15-9-11-5-4-7-16-19-11/h4-5,7-8H,3,6,9H2,1-2H3,(H2,14,15,17,18). The van der Waals surface area contributed by atoms with Crippen molar-refractivity contribution in [3.05, 3.63) is 35.8 Å². The van der Waals surface area contributed by atoms with Crippen LogP contribution >= 0.6 is 0 Å². The number of nitrogens with zero attached hydrogens (tertiary/aromatic N) is 4. The zero-order chi connectivity index (χ0) is 13.5. The molecule has 2 N–H and O–H groups in total. The number of rotatable bonds is 6. The molecule has 0 spiro atoms. The molecule has 0 aliphatic carbocycles. The summed E-state index contributed by atoms with van der Waals surface area (Å²) in [5.74, 6) is 1.44. The third kappa shape index (κ3) is 4.17. The Hall–Kier alpha value is -2.24. The fourth-order valence-electron chi connectivity index (χ4n) is 1.58. The fourth-order valence-corrected chi connectivity index (χ4v) is 1.58. The van der Waals surface area contributed by atoms with Crippen LogP contribution in [0.2, 0.25) is 0 Å². The summed E-state index contributed by atoms with van der Waals surface area (Å²) in [7, 11) is 0. The van der Waals surface area contributed by atoms with Crippen LogP contribution in [0.5, 0.6) is 0 Å². The Balaban J connectivity index is 2.01. The predicted molar refractivity (Wildman–Crippen MR) is 74.9 cm³/mol. The van der Waals surface area contributed by atoms with Crippen molar-refractivity contribution in [2.24, 2.45) is 0 Å². The molecule has 0 bridgehead atoms. The molecule has 6 nitrogen and oxygen atoms in total. The highest BCUT2D eigenvalue weighted by Crippen LogP contribution is 2.10. The molecule has 2 heterocycles. The highest BCUT2D eigenvalue weighted by Gasteiger charge is 2.02. The van der Waals surface area contributed by atoms with Gasteiger partial charge in [0, 0.05) is 24.5 Å². The number of aromatic nitrogens is 4. The summed E-state index contributed by atoms with van der Waals surface area (Å²) in [6, 6.07) is 5.70. The van der Waals surface area contributed by atoms with Crippen LogP contribution in [0.4, 0.5) is 11.8 Å². The van der Waals surface area contributed by atoms with Gasteiger partial charge in [-0.2, -0.15) is 15.2 Å². The van der Waals surface area contributed by atoms with Crippen LogP contribution in [0, 0.1) is 6.92 Å². The molecule has 0 atom stereocenters. The zero-order valence-electron chi connectivity index (χ0n) is 11.2. The highest BCUT2D eigenvalue weighted by molar-refractivity contribution is 5.42. The van der Waals surface area contributed by atoms with Gasteiger partial charge in [0.25, 0.3) is 0 Å². The molecule has 0 unspecified atom stereocenters. The quantitative estimate of drug-likeness (QED) is 0.825. The Morgan fingerprint density at radius 3 is 2.84 bits per heavy atom. The zero-order valence-corrected chi connectivity index (χ0v) is 11.2. The second kappa shape index (κ2) is 6.63. The van der Waals surface area contributed by atoms with E-state index in [1.807, 2.05) is 25.1 Å². The van der Waals surface area contributed by atoms with Gasteiger partial charge in [-0.15, -0.1) is 0 Å². The van der Waals surface area contributed by atoms with Crippen molar-refractivity contribution in [3.8, 4) is 0 Å². The van der Waals surface area contributed by atoms with Gasteiger partial charge in [-0.05, 0) is 25.5 Å². The number of hydrogen-bond acceptors (Lipinski definition) is 6. The van der Waals surface area contributed by atoms with Gasteiger partial charge in [0.05, 0.1) is 12.2 Å². The van der Waals surface area contributed by atoms with Crippen LogP contribution in [0.25, 0.3) is 0 Å². The third-order valence-electron chi connectivity index (χ3n) is 2.47. The van der Waals surface area contributed by atoms with E-state index >= 15 is 0 Å². The van der Waals surface area contributed by atoms with Gasteiger partial charge < -0.3 is 10.6 Å². The van der Waals surface area contributed by atoms with Gasteiger partial charge in [-0.1, -0.05) is 6.92 Å². The molecule has 100 valence electrons. The Morgan fingerprint density at radius 2 is 2.11 bits per heavy atom. The van der Waals surface area contributed by atoms with E-state index in [0.29, 0.717) is 12.5 Å². The lowest BCUT2D eigenvalue weighted by molar-refractivity contribution is 0.913. The van der Waals surface area contributed by atoms with Crippen molar-refractivity contribution < 1.29 is 0 Å². The first-order valence-corrected chi connectivity index (χ1v) is 6.38. The number of nitrogens with one attached hydrogen (secondary N) is 2. The molecule has 0 aliphatic rings. The van der Waals surface area contributed by atoms with Crippen LogP contribution < -0.4 is 10.6 Å². The maximum Gasteiger partial charge on any atom is 0.224 e. The molecule has 0 saturated heterocycles. The molecular formula is C13H18N6. The second-order valence-corrected chi connectivity index (χ2v) is 4.21. The SMILES string of the molecule is CCCNc1nc(C)cc(NCc2cccnn2)n1. The van der Waals surface area contributed by atoms with Crippen LogP contribution in [0.15, 0.2) is 24.4 Å². The van der Waals surface area contributed by atoms with Crippen LogP contribution in [0.1, 0.15) is 24.7 Å². The Bertz CT molecular complexity index is 514. The summed E-state index contributed by atoms with van der Waals surface area (Å²) in [6.45, 7) is 5.52. The number of anilines is 2. The van der Waals surface area contributed by atoms with E-state index in [4.69, 9.17) is 0 Å². The average molecular weight is 258 g/mol. The lowest BCUT2D eigenvalue weighted by atomic mass is 10.3. The van der Waals surface area contributed by atoms with E-state index in [0.717, 1.165) is 30.2 Å². The topological polar surface area (TPSA) is 75.6 Å². The molecule has 0 amide bonds. The van der Waals surface area contributed by atoms with Crippen LogP contribution in [0.3, 0.4) is 0 Å². The minimum Gasteiger partial charge on any atom is -0.364 e. The van der Waals surface area contributed by atoms with Crippen molar-refractivity contribution in [2.45, 2.75) is 26.8 Å². The Morgan fingerprint density at radius 1 is 1.21 bits per heavy atom. The van der Waals surface area contributed by atoms with Crippen LogP contribution in [-0.4, -0.2) is 26.7 Å². The summed E-state index contributed by atoms with van der Waals surface area (Å²) >= 11 is 0. The summed E-state index contributed by atoms with van der Waals surface area (Å²) in [5.41, 5.74) is 1.80. The normalized spacial score (nSPS) is 10.2. The molecule has 6 heteroatoms. The van der Waals surface area contributed by atoms with Crippen LogP contribution in [-0.2, 0) is 6.54 Å². The second-order valence-electron chi connectivity index (χ2n) is 4.21. The van der Waals surface area contributed by atoms with E-state index in [-0.39, 0.29) is 0 Å². The predicted octanol–water partition coefficient (Wildman–Crippen LogP) is 2.01. The monoisotopic (exact) mass is 258 g/mol. The minimum atomic E-state index is 0.595. The van der Waals surface area contributed by atoms with Gasteiger partial charge in [-0.25, -0.2) is 4.98 Å². The molecule has 0 saturated carbocycles. The summed E-state index contributed by atoms with van der Waals surface area (Å²) in [5, 5.41) is 14.3. The molecule has 0 aliphatic heterocycles. The summed E-state index contributed by atoms with van der Waals surface area (Å²) < 4.78 is 0. The molecule has 0 fully saturated rings. The van der Waals surface area contributed by atoms with Gasteiger partial charge >= 0.3 is 0 Å². The fraction of sp³-hybridized carbons (Fsp3) is 0.385. The van der Waals surface area contributed by atoms with Gasteiger partial charge in [0.1, 0.15) is 5.82 Å². The first-order chi connectivity index (χ1) is 9.28. The van der Waals surface area contributed by atoms with E-state index in [1.54, 1.807) is 6.20 Å². The van der Waals surface area contributed by atoms with Crippen molar-refractivity contribution in [1.29, 1.82) is 0 Å². The van der Waals surface area contributed by atoms with E-state index < -0.39 is 0 Å². The molecule has 2 rings (SSSR count). The third-order valence-corrected chi connectivity index (χ3v) is 2.47.